The Kier molecular flexibility index (Phi) is 3.94. The Labute approximate surface area is 153 Å². The van der Waals surface area contributed by atoms with Gasteiger partial charge in [0.1, 0.15) is 12.1 Å². The van der Waals surface area contributed by atoms with E-state index in [1.165, 1.54) is 12.2 Å². The number of nitrogens with two attached hydrogens (primary N) is 1. The van der Waals surface area contributed by atoms with Crippen LogP contribution in [-0.2, 0) is 0 Å². The molecule has 2 aromatic heterocycles. The van der Waals surface area contributed by atoms with Crippen LogP contribution in [0.2, 0.25) is 5.02 Å². The van der Waals surface area contributed by atoms with Crippen LogP contribution >= 0.6 is 11.6 Å². The molecule has 0 aromatic carbocycles. The molecule has 0 radical (unpaired) electrons. The monoisotopic (exact) mass is 360 g/mol. The molecular weight excluding hydrogens is 336 g/mol. The van der Waals surface area contributed by atoms with E-state index in [1.54, 1.807) is 5.12 Å². The highest BCUT2D eigenvalue weighted by atomic mass is 35.5. The molecule has 0 bridgehead atoms. The number of nitrogens with zero attached hydrogens (tertiary/aromatic N) is 5. The van der Waals surface area contributed by atoms with Crippen LogP contribution in [0.1, 0.15) is 38.8 Å². The second-order valence-corrected chi connectivity index (χ2v) is 8.23. The number of aromatic nitrogens is 2. The van der Waals surface area contributed by atoms with Gasteiger partial charge < -0.3 is 4.90 Å². The minimum Gasteiger partial charge on any atom is -0.357 e. The van der Waals surface area contributed by atoms with Crippen molar-refractivity contribution in [3.05, 3.63) is 41.5 Å². The Morgan fingerprint density at radius 1 is 1.36 bits per heavy atom. The molecule has 6 nitrogen and oxygen atoms in total. The number of halogens is 1. The fourth-order valence-corrected chi connectivity index (χ4v) is 4.18. The summed E-state index contributed by atoms with van der Waals surface area (Å²) in [5, 5.41) is 4.50. The molecule has 1 fully saturated rings. The topological polar surface area (TPSA) is 53.0 Å². The Morgan fingerprint density at radius 2 is 2.16 bits per heavy atom. The van der Waals surface area contributed by atoms with Crippen LogP contribution in [0, 0.1) is 5.41 Å². The van der Waals surface area contributed by atoms with Crippen molar-refractivity contribution in [2.45, 2.75) is 33.2 Å². The Hall–Kier alpha value is -1.76. The summed E-state index contributed by atoms with van der Waals surface area (Å²) in [7, 11) is 0. The summed E-state index contributed by atoms with van der Waals surface area (Å²) in [6.07, 6.45) is 8.96. The van der Waals surface area contributed by atoms with Crippen LogP contribution in [0.3, 0.4) is 0 Å². The first-order valence-electron chi connectivity index (χ1n) is 8.74. The molecule has 1 unspecified atom stereocenters. The van der Waals surface area contributed by atoms with Crippen LogP contribution in [0.25, 0.3) is 5.52 Å². The molecule has 2 N–H and O–H groups in total. The largest absolute Gasteiger partial charge is 0.357 e. The predicted molar refractivity (Wildman–Crippen MR) is 101 cm³/mol. The van der Waals surface area contributed by atoms with Crippen molar-refractivity contribution < 1.29 is 0 Å². The van der Waals surface area contributed by atoms with Crippen molar-refractivity contribution in [3.8, 4) is 0 Å². The van der Waals surface area contributed by atoms with Crippen LogP contribution in [0.5, 0.6) is 0 Å². The first-order chi connectivity index (χ1) is 11.9. The third kappa shape index (κ3) is 2.78. The van der Waals surface area contributed by atoms with Gasteiger partial charge in [-0.15, -0.1) is 0 Å². The lowest BCUT2D eigenvalue weighted by Crippen LogP contribution is -2.42. The molecule has 0 aliphatic carbocycles. The lowest BCUT2D eigenvalue weighted by Gasteiger charge is -2.34. The summed E-state index contributed by atoms with van der Waals surface area (Å²) in [5.41, 5.74) is 2.41. The van der Waals surface area contributed by atoms with E-state index in [0.717, 1.165) is 30.7 Å². The molecular formula is C18H25ClN6. The molecule has 0 saturated carbocycles. The highest BCUT2D eigenvalue weighted by Gasteiger charge is 2.34. The van der Waals surface area contributed by atoms with Crippen molar-refractivity contribution in [3.63, 3.8) is 0 Å². The maximum absolute atomic E-state index is 6.56. The van der Waals surface area contributed by atoms with E-state index in [9.17, 15) is 0 Å². The average Bonchev–Trinajstić information content (AvgIpc) is 3.26. The number of hydrogen-bond donors (Lipinski definition) is 1. The van der Waals surface area contributed by atoms with E-state index in [2.05, 4.69) is 52.2 Å². The number of hydrazine groups is 2. The molecule has 2 aliphatic heterocycles. The minimum atomic E-state index is 0.0757. The van der Waals surface area contributed by atoms with E-state index in [0.29, 0.717) is 10.4 Å². The van der Waals surface area contributed by atoms with Crippen LogP contribution in [-0.4, -0.2) is 39.1 Å². The zero-order valence-corrected chi connectivity index (χ0v) is 15.7. The van der Waals surface area contributed by atoms with Gasteiger partial charge in [-0.25, -0.2) is 4.98 Å². The van der Waals surface area contributed by atoms with Gasteiger partial charge >= 0.3 is 0 Å². The molecule has 134 valence electrons. The van der Waals surface area contributed by atoms with Gasteiger partial charge in [-0.3, -0.25) is 15.3 Å². The van der Waals surface area contributed by atoms with E-state index in [1.807, 2.05) is 18.7 Å². The standard InChI is InChI=1S/C18H25ClN6/c1-13(24-6-4-7-25(24)20)14-9-15(19)16-10-21-12-23(16)17(14)22-8-5-18(2,3)11-22/h4,6,9-10,12-13H,5,7-8,11,20H2,1-3H3. The van der Waals surface area contributed by atoms with Crippen molar-refractivity contribution in [2.75, 3.05) is 24.5 Å². The number of imidazole rings is 1. The first-order valence-corrected chi connectivity index (χ1v) is 9.12. The van der Waals surface area contributed by atoms with Gasteiger partial charge in [0.15, 0.2) is 0 Å². The molecule has 4 rings (SSSR count). The molecule has 4 heterocycles. The van der Waals surface area contributed by atoms with Crippen LogP contribution in [0.15, 0.2) is 30.9 Å². The van der Waals surface area contributed by atoms with Crippen molar-refractivity contribution in [1.29, 1.82) is 0 Å². The molecule has 2 aromatic rings. The maximum atomic E-state index is 6.56. The van der Waals surface area contributed by atoms with Crippen LogP contribution < -0.4 is 10.7 Å². The molecule has 1 saturated heterocycles. The lowest BCUT2D eigenvalue weighted by atomic mass is 9.93. The normalized spacial score (nSPS) is 21.6. The SMILES string of the molecule is CC(c1cc(Cl)c2cncn2c1N1CCC(C)(C)C1)N1C=CCN1N. The third-order valence-corrected chi connectivity index (χ3v) is 5.63. The van der Waals surface area contributed by atoms with E-state index in [4.69, 9.17) is 17.4 Å². The van der Waals surface area contributed by atoms with E-state index >= 15 is 0 Å². The van der Waals surface area contributed by atoms with Crippen molar-refractivity contribution in [1.82, 2.24) is 19.5 Å². The molecule has 0 spiro atoms. The smallest absolute Gasteiger partial charge is 0.119 e. The maximum Gasteiger partial charge on any atom is 0.119 e. The van der Waals surface area contributed by atoms with E-state index < -0.39 is 0 Å². The fourth-order valence-electron chi connectivity index (χ4n) is 3.93. The highest BCUT2D eigenvalue weighted by Crippen LogP contribution is 2.40. The Bertz CT molecular complexity index is 826. The van der Waals surface area contributed by atoms with Crippen molar-refractivity contribution in [2.24, 2.45) is 11.3 Å². The third-order valence-electron chi connectivity index (χ3n) is 5.32. The minimum absolute atomic E-state index is 0.0757. The second kappa shape index (κ2) is 5.90. The average molecular weight is 361 g/mol. The van der Waals surface area contributed by atoms with Gasteiger partial charge in [0, 0.05) is 24.9 Å². The van der Waals surface area contributed by atoms with E-state index in [-0.39, 0.29) is 6.04 Å². The van der Waals surface area contributed by atoms with Gasteiger partial charge in [0.05, 0.1) is 29.3 Å². The van der Waals surface area contributed by atoms with Gasteiger partial charge in [0.2, 0.25) is 0 Å². The van der Waals surface area contributed by atoms with Gasteiger partial charge in [-0.2, -0.15) is 5.12 Å². The van der Waals surface area contributed by atoms with Crippen molar-refractivity contribution >= 4 is 22.9 Å². The van der Waals surface area contributed by atoms with Gasteiger partial charge in [-0.05, 0) is 30.9 Å². The Balaban J connectivity index is 1.85. The molecule has 25 heavy (non-hydrogen) atoms. The first kappa shape index (κ1) is 16.7. The lowest BCUT2D eigenvalue weighted by molar-refractivity contribution is 0.0158. The zero-order valence-electron chi connectivity index (χ0n) is 15.0. The highest BCUT2D eigenvalue weighted by molar-refractivity contribution is 6.34. The number of fused-ring (bicyclic) bond motifs is 1. The second-order valence-electron chi connectivity index (χ2n) is 7.82. The number of anilines is 1. The molecule has 0 amide bonds. The summed E-state index contributed by atoms with van der Waals surface area (Å²) in [4.78, 5) is 6.79. The molecule has 7 heteroatoms. The predicted octanol–water partition coefficient (Wildman–Crippen LogP) is 3.21. The van der Waals surface area contributed by atoms with Gasteiger partial charge in [0.25, 0.3) is 0 Å². The summed E-state index contributed by atoms with van der Waals surface area (Å²) in [5.74, 6) is 7.30. The summed E-state index contributed by atoms with van der Waals surface area (Å²) < 4.78 is 2.12. The number of hydrogen-bond acceptors (Lipinski definition) is 5. The molecule has 1 atom stereocenters. The number of pyridine rings is 1. The summed E-state index contributed by atoms with van der Waals surface area (Å²) >= 11 is 6.56. The molecule has 2 aliphatic rings. The van der Waals surface area contributed by atoms with Gasteiger partial charge in [-0.1, -0.05) is 25.4 Å². The summed E-state index contributed by atoms with van der Waals surface area (Å²) in [6, 6.07) is 2.15. The quantitative estimate of drug-likeness (QED) is 0.852. The summed E-state index contributed by atoms with van der Waals surface area (Å²) in [6.45, 7) is 9.57. The number of rotatable bonds is 3. The Morgan fingerprint density at radius 3 is 2.80 bits per heavy atom. The zero-order chi connectivity index (χ0) is 17.8. The fraction of sp³-hybridized carbons (Fsp3) is 0.500. The van der Waals surface area contributed by atoms with Crippen LogP contribution in [0.4, 0.5) is 5.82 Å².